The predicted molar refractivity (Wildman–Crippen MR) is 270 cm³/mol. The molecule has 1 atom stereocenters. The molecule has 0 aromatic heterocycles. The Morgan fingerprint density at radius 3 is 0.794 bits per heavy atom. The molecular weight excluding hydrogens is 781 g/mol. The van der Waals surface area contributed by atoms with Gasteiger partial charge in [-0.2, -0.15) is 0 Å². The maximum absolute atomic E-state index is 12.8. The Morgan fingerprint density at radius 1 is 0.302 bits per heavy atom. The summed E-state index contributed by atoms with van der Waals surface area (Å²) >= 11 is 0. The number of carbonyl (C=O) groups excluding carboxylic acids is 3. The Labute approximate surface area is 392 Å². The van der Waals surface area contributed by atoms with Gasteiger partial charge in [-0.1, -0.05) is 264 Å². The van der Waals surface area contributed by atoms with Crippen molar-refractivity contribution in [2.45, 2.75) is 322 Å². The average molecular weight is 889 g/mol. The first-order valence-corrected chi connectivity index (χ1v) is 28.2. The first-order valence-electron chi connectivity index (χ1n) is 28.2. The summed E-state index contributed by atoms with van der Waals surface area (Å²) < 4.78 is 16.8. The highest BCUT2D eigenvalue weighted by Crippen LogP contribution is 2.17. The number of esters is 3. The third kappa shape index (κ3) is 51.0. The molecule has 63 heavy (non-hydrogen) atoms. The topological polar surface area (TPSA) is 78.9 Å². The van der Waals surface area contributed by atoms with Gasteiger partial charge >= 0.3 is 17.9 Å². The van der Waals surface area contributed by atoms with Gasteiger partial charge in [0.1, 0.15) is 13.2 Å². The molecule has 6 heteroatoms. The molecule has 0 spiro atoms. The molecule has 0 saturated carbocycles. The van der Waals surface area contributed by atoms with E-state index in [0.29, 0.717) is 19.3 Å². The van der Waals surface area contributed by atoms with Crippen LogP contribution in [-0.2, 0) is 28.6 Å². The van der Waals surface area contributed by atoms with Crippen molar-refractivity contribution in [1.29, 1.82) is 0 Å². The van der Waals surface area contributed by atoms with Gasteiger partial charge in [-0.15, -0.1) is 0 Å². The number of unbranched alkanes of at least 4 members (excludes halogenated alkanes) is 39. The van der Waals surface area contributed by atoms with Crippen molar-refractivity contribution in [2.75, 3.05) is 13.2 Å². The van der Waals surface area contributed by atoms with Crippen LogP contribution < -0.4 is 0 Å². The molecule has 0 aliphatic rings. The maximum Gasteiger partial charge on any atom is 0.306 e. The zero-order chi connectivity index (χ0) is 45.8. The van der Waals surface area contributed by atoms with Crippen LogP contribution in [0.3, 0.4) is 0 Å². The highest BCUT2D eigenvalue weighted by atomic mass is 16.6. The van der Waals surface area contributed by atoms with E-state index in [1.807, 2.05) is 0 Å². The smallest absolute Gasteiger partial charge is 0.306 e. The van der Waals surface area contributed by atoms with Gasteiger partial charge in [0.05, 0.1) is 0 Å². The summed E-state index contributed by atoms with van der Waals surface area (Å²) in [5.41, 5.74) is 0. The molecule has 0 rings (SSSR count). The van der Waals surface area contributed by atoms with Crippen molar-refractivity contribution in [2.24, 2.45) is 0 Å². The number of hydrogen-bond acceptors (Lipinski definition) is 6. The second-order valence-electron chi connectivity index (χ2n) is 19.2. The normalized spacial score (nSPS) is 12.0. The lowest BCUT2D eigenvalue weighted by Gasteiger charge is -2.18. The lowest BCUT2D eigenvalue weighted by atomic mass is 10.0. The number of ether oxygens (including phenoxy) is 3. The molecular formula is C57H108O6. The highest BCUT2D eigenvalue weighted by molar-refractivity contribution is 5.71. The molecule has 1 unspecified atom stereocenters. The summed E-state index contributed by atoms with van der Waals surface area (Å²) in [6.45, 7) is 6.68. The zero-order valence-electron chi connectivity index (χ0n) is 42.6. The Hall–Kier alpha value is -1.85. The van der Waals surface area contributed by atoms with Crippen LogP contribution in [0.5, 0.6) is 0 Å². The highest BCUT2D eigenvalue weighted by Gasteiger charge is 2.19. The number of hydrogen-bond donors (Lipinski definition) is 0. The van der Waals surface area contributed by atoms with Crippen LogP contribution in [0, 0.1) is 0 Å². The van der Waals surface area contributed by atoms with E-state index in [4.69, 9.17) is 14.2 Å². The van der Waals surface area contributed by atoms with Crippen molar-refractivity contribution >= 4 is 17.9 Å². The summed E-state index contributed by atoms with van der Waals surface area (Å²) in [5, 5.41) is 0. The fraction of sp³-hybridized carbons (Fsp3) is 0.912. The minimum atomic E-state index is -0.765. The van der Waals surface area contributed by atoms with Gasteiger partial charge in [0, 0.05) is 19.3 Å². The van der Waals surface area contributed by atoms with Gasteiger partial charge in [-0.25, -0.2) is 0 Å². The zero-order valence-corrected chi connectivity index (χ0v) is 42.6. The van der Waals surface area contributed by atoms with Gasteiger partial charge in [-0.05, 0) is 44.9 Å². The predicted octanol–water partition coefficient (Wildman–Crippen LogP) is 18.5. The fourth-order valence-corrected chi connectivity index (χ4v) is 8.50. The standard InChI is InChI=1S/C57H108O6/c1-4-7-10-13-16-19-22-24-26-27-28-29-31-32-35-38-41-44-47-50-56(59)62-53-54(52-61-55(58)49-46-43-40-37-34-21-18-15-12-9-6-3)63-57(60)51-48-45-42-39-36-33-30-25-23-20-17-14-11-8-5-2/h27-28,54H,4-26,29-53H2,1-3H3/b28-27-. The van der Waals surface area contributed by atoms with Crippen LogP contribution in [0.4, 0.5) is 0 Å². The molecule has 372 valence electrons. The third-order valence-corrected chi connectivity index (χ3v) is 12.8. The quantitative estimate of drug-likeness (QED) is 0.0262. The number of allylic oxidation sites excluding steroid dienone is 2. The van der Waals surface area contributed by atoms with Crippen molar-refractivity contribution in [3.8, 4) is 0 Å². The van der Waals surface area contributed by atoms with Crippen molar-refractivity contribution in [3.05, 3.63) is 12.2 Å². The molecule has 0 fully saturated rings. The van der Waals surface area contributed by atoms with Gasteiger partial charge in [-0.3, -0.25) is 14.4 Å². The van der Waals surface area contributed by atoms with Crippen LogP contribution in [0.1, 0.15) is 316 Å². The van der Waals surface area contributed by atoms with E-state index in [-0.39, 0.29) is 31.1 Å². The van der Waals surface area contributed by atoms with E-state index in [2.05, 4.69) is 32.9 Å². The summed E-state index contributed by atoms with van der Waals surface area (Å²) in [5.74, 6) is -0.849. The monoisotopic (exact) mass is 889 g/mol. The van der Waals surface area contributed by atoms with Crippen LogP contribution in [0.2, 0.25) is 0 Å². The fourth-order valence-electron chi connectivity index (χ4n) is 8.50. The molecule has 0 aliphatic heterocycles. The summed E-state index contributed by atoms with van der Waals surface area (Å²) in [4.78, 5) is 38.0. The molecule has 0 amide bonds. The van der Waals surface area contributed by atoms with Crippen LogP contribution in [0.25, 0.3) is 0 Å². The van der Waals surface area contributed by atoms with E-state index in [1.54, 1.807) is 0 Å². The Kier molecular flexibility index (Phi) is 51.2. The molecule has 0 heterocycles. The largest absolute Gasteiger partial charge is 0.462 e. The first kappa shape index (κ1) is 61.1. The van der Waals surface area contributed by atoms with Gasteiger partial charge in [0.25, 0.3) is 0 Å². The Morgan fingerprint density at radius 2 is 0.524 bits per heavy atom. The first-order chi connectivity index (χ1) is 31.0. The minimum Gasteiger partial charge on any atom is -0.462 e. The van der Waals surface area contributed by atoms with Crippen LogP contribution >= 0.6 is 0 Å². The Bertz CT molecular complexity index is 978. The van der Waals surface area contributed by atoms with Crippen LogP contribution in [0.15, 0.2) is 12.2 Å². The lowest BCUT2D eigenvalue weighted by Crippen LogP contribution is -2.30. The molecule has 0 saturated heterocycles. The van der Waals surface area contributed by atoms with Crippen LogP contribution in [-0.4, -0.2) is 37.2 Å². The second-order valence-corrected chi connectivity index (χ2v) is 19.2. The van der Waals surface area contributed by atoms with Crippen molar-refractivity contribution < 1.29 is 28.6 Å². The summed E-state index contributed by atoms with van der Waals surface area (Å²) in [6.07, 6.45) is 59.1. The number of rotatable bonds is 52. The minimum absolute atomic E-state index is 0.0657. The lowest BCUT2D eigenvalue weighted by molar-refractivity contribution is -0.167. The summed E-state index contributed by atoms with van der Waals surface area (Å²) in [6, 6.07) is 0. The molecule has 0 bridgehead atoms. The van der Waals surface area contributed by atoms with Crippen molar-refractivity contribution in [1.82, 2.24) is 0 Å². The molecule has 0 aromatic carbocycles. The van der Waals surface area contributed by atoms with E-state index < -0.39 is 6.10 Å². The van der Waals surface area contributed by atoms with E-state index in [9.17, 15) is 14.4 Å². The molecule has 0 aliphatic carbocycles. The SMILES string of the molecule is CCCCCCCCCC/C=C\CCCCCCCCCC(=O)OCC(COC(=O)CCCCCCCCCCCCC)OC(=O)CCCCCCCCCCCCCCCCC. The van der Waals surface area contributed by atoms with E-state index in [1.165, 1.54) is 218 Å². The average Bonchev–Trinajstić information content (AvgIpc) is 3.28. The Balaban J connectivity index is 4.28. The molecule has 0 aromatic rings. The van der Waals surface area contributed by atoms with Crippen molar-refractivity contribution in [3.63, 3.8) is 0 Å². The second kappa shape index (κ2) is 52.8. The van der Waals surface area contributed by atoms with E-state index in [0.717, 1.165) is 57.8 Å². The summed E-state index contributed by atoms with van der Waals surface area (Å²) in [7, 11) is 0. The van der Waals surface area contributed by atoms with Gasteiger partial charge in [0.15, 0.2) is 6.10 Å². The molecule has 0 radical (unpaired) electrons. The maximum atomic E-state index is 12.8. The van der Waals surface area contributed by atoms with E-state index >= 15 is 0 Å². The molecule has 0 N–H and O–H groups in total. The number of carbonyl (C=O) groups is 3. The van der Waals surface area contributed by atoms with Gasteiger partial charge in [0.2, 0.25) is 0 Å². The van der Waals surface area contributed by atoms with Gasteiger partial charge < -0.3 is 14.2 Å². The molecule has 6 nitrogen and oxygen atoms in total. The third-order valence-electron chi connectivity index (χ3n) is 12.8.